The molecule has 0 radical (unpaired) electrons. The molecule has 0 saturated carbocycles. The average Bonchev–Trinajstić information content (AvgIpc) is 3.38. The van der Waals surface area contributed by atoms with Gasteiger partial charge in [0.05, 0.1) is 46.9 Å². The highest BCUT2D eigenvalue weighted by Gasteiger charge is 2.25. The van der Waals surface area contributed by atoms with Crippen molar-refractivity contribution in [2.24, 2.45) is 5.92 Å². The van der Waals surface area contributed by atoms with Gasteiger partial charge in [-0.25, -0.2) is 13.9 Å². The van der Waals surface area contributed by atoms with E-state index in [1.807, 2.05) is 13.0 Å². The van der Waals surface area contributed by atoms with Crippen LogP contribution in [0.1, 0.15) is 64.3 Å². The van der Waals surface area contributed by atoms with Crippen LogP contribution in [0.15, 0.2) is 60.9 Å². The maximum Gasteiger partial charge on any atom is 0.337 e. The van der Waals surface area contributed by atoms with Crippen LogP contribution in [0.3, 0.4) is 0 Å². The summed E-state index contributed by atoms with van der Waals surface area (Å²) in [6, 6.07) is 12.6. The molecule has 5 rings (SSSR count). The number of rotatable bonds is 4. The number of benzene rings is 2. The molecule has 11 heteroatoms. The largest absolute Gasteiger partial charge is 0.465 e. The van der Waals surface area contributed by atoms with Gasteiger partial charge in [-0.3, -0.25) is 14.6 Å². The van der Waals surface area contributed by atoms with Crippen LogP contribution >= 0.6 is 11.6 Å². The summed E-state index contributed by atoms with van der Waals surface area (Å²) in [6.07, 6.45) is 4.76. The molecule has 4 aromatic rings. The molecule has 2 bridgehead atoms. The fraction of sp³-hybridized carbons (Fsp3) is 0.258. The Labute approximate surface area is 247 Å². The third-order valence-corrected chi connectivity index (χ3v) is 7.74. The third kappa shape index (κ3) is 5.75. The number of aromatic nitrogens is 3. The number of fused-ring (bicyclic) bond motifs is 4. The number of carbonyl (C=O) groups is 3. The predicted octanol–water partition coefficient (Wildman–Crippen LogP) is 6.05. The molecule has 42 heavy (non-hydrogen) atoms. The van der Waals surface area contributed by atoms with E-state index < -0.39 is 23.7 Å². The van der Waals surface area contributed by atoms with Crippen LogP contribution in [-0.2, 0) is 9.53 Å². The van der Waals surface area contributed by atoms with Crippen molar-refractivity contribution in [2.45, 2.75) is 39.2 Å². The predicted molar refractivity (Wildman–Crippen MR) is 156 cm³/mol. The van der Waals surface area contributed by atoms with Crippen LogP contribution in [0, 0.1) is 18.7 Å². The standard InChI is InChI=1S/C31H29ClFN5O4/c1-17-6-4-8-25(37-30(40)22-16-35-38(18(22)2)27-9-5-7-23(32)28(27)33)26-15-19(12-13-34-26)21-14-20(31(41)42-3)10-11-24(21)36-29(17)39/h5,7,9-17,25H,4,6,8H2,1-3H3,(H,36,39)(H,37,40). The minimum Gasteiger partial charge on any atom is -0.465 e. The Morgan fingerprint density at radius 2 is 1.98 bits per heavy atom. The van der Waals surface area contributed by atoms with E-state index in [1.165, 1.54) is 30.1 Å². The minimum atomic E-state index is -0.633. The van der Waals surface area contributed by atoms with E-state index >= 15 is 0 Å². The zero-order chi connectivity index (χ0) is 30.0. The molecule has 0 spiro atoms. The number of pyridine rings is 1. The van der Waals surface area contributed by atoms with Crippen molar-refractivity contribution < 1.29 is 23.5 Å². The SMILES string of the molecule is COC(=O)c1ccc2c(c1)-c1ccnc(c1)C(NC(=O)c1cnn(-c3cccc(Cl)c3F)c1C)CCCC(C)C(=O)N2. The number of nitrogens with one attached hydrogen (secondary N) is 2. The number of amides is 2. The first-order valence-corrected chi connectivity index (χ1v) is 13.8. The Morgan fingerprint density at radius 3 is 2.76 bits per heavy atom. The van der Waals surface area contributed by atoms with Gasteiger partial charge in [-0.1, -0.05) is 31.0 Å². The second-order valence-corrected chi connectivity index (χ2v) is 10.6. The number of halogens is 2. The first-order chi connectivity index (χ1) is 20.2. The quantitative estimate of drug-likeness (QED) is 0.280. The molecule has 2 amide bonds. The highest BCUT2D eigenvalue weighted by atomic mass is 35.5. The van der Waals surface area contributed by atoms with Crippen molar-refractivity contribution in [2.75, 3.05) is 12.4 Å². The normalized spacial score (nSPS) is 16.8. The van der Waals surface area contributed by atoms with Crippen molar-refractivity contribution in [3.63, 3.8) is 0 Å². The number of ether oxygens (including phenoxy) is 1. The Balaban J connectivity index is 1.51. The van der Waals surface area contributed by atoms with E-state index in [-0.39, 0.29) is 28.1 Å². The fourth-order valence-electron chi connectivity index (χ4n) is 5.02. The van der Waals surface area contributed by atoms with Crippen LogP contribution in [0.4, 0.5) is 10.1 Å². The second-order valence-electron chi connectivity index (χ2n) is 10.2. The van der Waals surface area contributed by atoms with Gasteiger partial charge in [-0.2, -0.15) is 5.10 Å². The topological polar surface area (TPSA) is 115 Å². The summed E-state index contributed by atoms with van der Waals surface area (Å²) < 4.78 is 20.9. The monoisotopic (exact) mass is 589 g/mol. The highest BCUT2D eigenvalue weighted by molar-refractivity contribution is 6.30. The Bertz CT molecular complexity index is 1690. The number of anilines is 1. The van der Waals surface area contributed by atoms with Gasteiger partial charge in [0.15, 0.2) is 5.82 Å². The van der Waals surface area contributed by atoms with E-state index in [1.54, 1.807) is 43.5 Å². The van der Waals surface area contributed by atoms with Gasteiger partial charge in [-0.15, -0.1) is 0 Å². The number of hydrogen-bond donors (Lipinski definition) is 2. The molecule has 2 aromatic heterocycles. The highest BCUT2D eigenvalue weighted by Crippen LogP contribution is 2.33. The molecule has 2 aromatic carbocycles. The molecule has 0 aliphatic carbocycles. The lowest BCUT2D eigenvalue weighted by molar-refractivity contribution is -0.119. The zero-order valence-corrected chi connectivity index (χ0v) is 24.0. The molecule has 9 nitrogen and oxygen atoms in total. The molecule has 3 heterocycles. The number of carbonyl (C=O) groups excluding carboxylic acids is 3. The zero-order valence-electron chi connectivity index (χ0n) is 23.3. The summed E-state index contributed by atoms with van der Waals surface area (Å²) in [6.45, 7) is 3.53. The lowest BCUT2D eigenvalue weighted by atomic mass is 9.94. The molecule has 2 unspecified atom stereocenters. The van der Waals surface area contributed by atoms with Crippen molar-refractivity contribution in [3.8, 4) is 16.8 Å². The Morgan fingerprint density at radius 1 is 1.17 bits per heavy atom. The van der Waals surface area contributed by atoms with Gasteiger partial charge in [0.2, 0.25) is 5.91 Å². The molecule has 2 atom stereocenters. The summed E-state index contributed by atoms with van der Waals surface area (Å²) in [5.74, 6) is -1.98. The third-order valence-electron chi connectivity index (χ3n) is 7.44. The molecule has 0 saturated heterocycles. The summed E-state index contributed by atoms with van der Waals surface area (Å²) >= 11 is 5.95. The summed E-state index contributed by atoms with van der Waals surface area (Å²) in [4.78, 5) is 43.4. The van der Waals surface area contributed by atoms with E-state index in [0.717, 1.165) is 0 Å². The van der Waals surface area contributed by atoms with Gasteiger partial charge in [0, 0.05) is 23.4 Å². The maximum atomic E-state index is 14.7. The van der Waals surface area contributed by atoms with E-state index in [4.69, 9.17) is 16.3 Å². The lowest BCUT2D eigenvalue weighted by Crippen LogP contribution is -2.30. The number of methoxy groups -OCH3 is 1. The van der Waals surface area contributed by atoms with Crippen LogP contribution in [0.25, 0.3) is 16.8 Å². The maximum absolute atomic E-state index is 14.7. The van der Waals surface area contributed by atoms with Gasteiger partial charge in [0.25, 0.3) is 5.91 Å². The minimum absolute atomic E-state index is 0.0456. The molecule has 1 aliphatic heterocycles. The van der Waals surface area contributed by atoms with Crippen LogP contribution in [-0.4, -0.2) is 39.7 Å². The van der Waals surface area contributed by atoms with E-state index in [9.17, 15) is 18.8 Å². The van der Waals surface area contributed by atoms with Crippen molar-refractivity contribution in [1.82, 2.24) is 20.1 Å². The van der Waals surface area contributed by atoms with Crippen molar-refractivity contribution in [3.05, 3.63) is 94.3 Å². The van der Waals surface area contributed by atoms with Crippen molar-refractivity contribution in [1.29, 1.82) is 0 Å². The molecular formula is C31H29ClFN5O4. The first kappa shape index (κ1) is 28.9. The first-order valence-electron chi connectivity index (χ1n) is 13.5. The number of nitrogens with zero attached hydrogens (tertiary/aromatic N) is 3. The molecular weight excluding hydrogens is 561 g/mol. The number of esters is 1. The fourth-order valence-corrected chi connectivity index (χ4v) is 5.19. The smallest absolute Gasteiger partial charge is 0.337 e. The van der Waals surface area contributed by atoms with Crippen LogP contribution < -0.4 is 10.6 Å². The molecule has 1 aliphatic rings. The van der Waals surface area contributed by atoms with Gasteiger partial charge >= 0.3 is 5.97 Å². The number of hydrogen-bond acceptors (Lipinski definition) is 6. The molecule has 2 N–H and O–H groups in total. The van der Waals surface area contributed by atoms with Gasteiger partial charge < -0.3 is 15.4 Å². The lowest BCUT2D eigenvalue weighted by Gasteiger charge is -2.22. The van der Waals surface area contributed by atoms with Gasteiger partial charge in [0.1, 0.15) is 5.69 Å². The van der Waals surface area contributed by atoms with Crippen LogP contribution in [0.2, 0.25) is 5.02 Å². The van der Waals surface area contributed by atoms with Gasteiger partial charge in [-0.05, 0) is 67.8 Å². The van der Waals surface area contributed by atoms with Crippen molar-refractivity contribution >= 4 is 35.1 Å². The Hall–Kier alpha value is -4.57. The van der Waals surface area contributed by atoms with E-state index in [0.29, 0.717) is 53.0 Å². The summed E-state index contributed by atoms with van der Waals surface area (Å²) in [5, 5.41) is 10.3. The van der Waals surface area contributed by atoms with Crippen LogP contribution in [0.5, 0.6) is 0 Å². The summed E-state index contributed by atoms with van der Waals surface area (Å²) in [5.41, 5.74) is 3.67. The van der Waals surface area contributed by atoms with E-state index in [2.05, 4.69) is 20.7 Å². The Kier molecular flexibility index (Phi) is 8.35. The molecule has 216 valence electrons. The summed E-state index contributed by atoms with van der Waals surface area (Å²) in [7, 11) is 1.31. The average molecular weight is 590 g/mol. The second kappa shape index (κ2) is 12.1. The molecule has 0 fully saturated rings.